The normalized spacial score (nSPS) is 21.6. The number of likely N-dealkylation sites (tertiary alicyclic amines) is 1. The molecule has 1 unspecified atom stereocenters. The van der Waals surface area contributed by atoms with E-state index in [0.717, 1.165) is 65.8 Å². The van der Waals surface area contributed by atoms with Gasteiger partial charge in [0, 0.05) is 42.7 Å². The second-order valence-corrected chi connectivity index (χ2v) is 10.5. The van der Waals surface area contributed by atoms with Crippen molar-refractivity contribution in [2.45, 2.75) is 38.6 Å². The van der Waals surface area contributed by atoms with E-state index in [0.29, 0.717) is 12.5 Å². The Morgan fingerprint density at radius 2 is 1.77 bits per heavy atom. The van der Waals surface area contributed by atoms with Crippen LogP contribution in [0.15, 0.2) is 60.0 Å². The zero-order chi connectivity index (χ0) is 24.2. The Bertz CT molecular complexity index is 1340. The Morgan fingerprint density at radius 1 is 1.03 bits per heavy atom. The molecule has 7 heteroatoms. The van der Waals surface area contributed by atoms with E-state index in [9.17, 15) is 9.59 Å². The summed E-state index contributed by atoms with van der Waals surface area (Å²) < 4.78 is 0. The first-order valence-electron chi connectivity index (χ1n) is 12.4. The molecule has 1 atom stereocenters. The lowest BCUT2D eigenvalue weighted by atomic mass is 10.0. The number of amidine groups is 1. The third kappa shape index (κ3) is 4.09. The molecule has 1 saturated heterocycles. The van der Waals surface area contributed by atoms with Gasteiger partial charge in [-0.2, -0.15) is 0 Å². The fraction of sp³-hybridized carbons (Fsp3) is 0.393. The number of hydrogen-bond donors (Lipinski definition) is 0. The molecule has 35 heavy (non-hydrogen) atoms. The van der Waals surface area contributed by atoms with Crippen LogP contribution >= 0.6 is 0 Å². The number of aliphatic imine (C=N–C) groups is 1. The molecule has 7 nitrogen and oxygen atoms in total. The SMILES string of the molecule is CC1(C)N=C(c2ccc(-c3ccc4cncnc4c3)cc2)N(CC2CCN(C(=O)C3CC3)C2)C1=O. The summed E-state index contributed by atoms with van der Waals surface area (Å²) in [6.07, 6.45) is 6.36. The van der Waals surface area contributed by atoms with Gasteiger partial charge in [0.1, 0.15) is 17.7 Å². The van der Waals surface area contributed by atoms with Gasteiger partial charge in [0.05, 0.1) is 5.52 Å². The van der Waals surface area contributed by atoms with Crippen LogP contribution in [-0.4, -0.2) is 62.6 Å². The number of rotatable bonds is 5. The first-order chi connectivity index (χ1) is 16.9. The van der Waals surface area contributed by atoms with E-state index in [1.807, 2.05) is 48.0 Å². The third-order valence-corrected chi connectivity index (χ3v) is 7.36. The molecule has 1 saturated carbocycles. The minimum Gasteiger partial charge on any atom is -0.342 e. The lowest BCUT2D eigenvalue weighted by molar-refractivity contribution is -0.131. The predicted octanol–water partition coefficient (Wildman–Crippen LogP) is 3.92. The molecule has 2 aliphatic heterocycles. The highest BCUT2D eigenvalue weighted by Gasteiger charge is 2.43. The number of benzene rings is 2. The summed E-state index contributed by atoms with van der Waals surface area (Å²) >= 11 is 0. The van der Waals surface area contributed by atoms with Crippen LogP contribution in [0.2, 0.25) is 0 Å². The summed E-state index contributed by atoms with van der Waals surface area (Å²) in [4.78, 5) is 42.8. The second kappa shape index (κ2) is 8.26. The van der Waals surface area contributed by atoms with Crippen LogP contribution in [0.4, 0.5) is 0 Å². The summed E-state index contributed by atoms with van der Waals surface area (Å²) in [5.41, 5.74) is 3.21. The van der Waals surface area contributed by atoms with Gasteiger partial charge in [0.2, 0.25) is 5.91 Å². The number of carbonyl (C=O) groups is 2. The van der Waals surface area contributed by atoms with E-state index >= 15 is 0 Å². The summed E-state index contributed by atoms with van der Waals surface area (Å²) in [6, 6.07) is 14.4. The van der Waals surface area contributed by atoms with Gasteiger partial charge in [-0.15, -0.1) is 0 Å². The van der Waals surface area contributed by atoms with Gasteiger partial charge in [-0.05, 0) is 56.2 Å². The van der Waals surface area contributed by atoms with Gasteiger partial charge >= 0.3 is 0 Å². The molecule has 1 aromatic heterocycles. The quantitative estimate of drug-likeness (QED) is 0.570. The molecule has 3 heterocycles. The van der Waals surface area contributed by atoms with E-state index in [-0.39, 0.29) is 17.7 Å². The maximum Gasteiger partial charge on any atom is 0.255 e. The molecular formula is C28H29N5O2. The fourth-order valence-electron chi connectivity index (χ4n) is 5.18. The minimum absolute atomic E-state index is 0.0257. The van der Waals surface area contributed by atoms with Gasteiger partial charge in [0.25, 0.3) is 5.91 Å². The third-order valence-electron chi connectivity index (χ3n) is 7.36. The van der Waals surface area contributed by atoms with Crippen LogP contribution in [0.5, 0.6) is 0 Å². The van der Waals surface area contributed by atoms with Crippen molar-refractivity contribution in [2.24, 2.45) is 16.8 Å². The molecule has 0 radical (unpaired) electrons. The second-order valence-electron chi connectivity index (χ2n) is 10.5. The van der Waals surface area contributed by atoms with Crippen molar-refractivity contribution in [2.75, 3.05) is 19.6 Å². The summed E-state index contributed by atoms with van der Waals surface area (Å²) in [6.45, 7) is 5.87. The molecule has 6 rings (SSSR count). The standard InChI is InChI=1S/C28H29N5O2/c1-28(2)27(35)33(16-18-11-12-32(15-18)26(34)21-7-8-21)25(31-28)20-5-3-19(4-6-20)22-9-10-23-14-29-17-30-24(23)13-22/h3-6,9-10,13-14,17-18,21H,7-8,11-12,15-16H2,1-2H3. The van der Waals surface area contributed by atoms with Crippen molar-refractivity contribution in [1.29, 1.82) is 0 Å². The van der Waals surface area contributed by atoms with E-state index in [1.165, 1.54) is 0 Å². The monoisotopic (exact) mass is 467 g/mol. The molecular weight excluding hydrogens is 438 g/mol. The van der Waals surface area contributed by atoms with Crippen LogP contribution in [0.1, 0.15) is 38.7 Å². The summed E-state index contributed by atoms with van der Waals surface area (Å²) in [7, 11) is 0. The Morgan fingerprint density at radius 3 is 2.54 bits per heavy atom. The van der Waals surface area contributed by atoms with Crippen molar-refractivity contribution >= 4 is 28.6 Å². The fourth-order valence-corrected chi connectivity index (χ4v) is 5.18. The van der Waals surface area contributed by atoms with Crippen molar-refractivity contribution in [3.05, 3.63) is 60.6 Å². The van der Waals surface area contributed by atoms with Crippen LogP contribution in [0, 0.1) is 11.8 Å². The number of amides is 2. The first kappa shape index (κ1) is 21.9. The Hall–Kier alpha value is -3.61. The maximum atomic E-state index is 13.3. The van der Waals surface area contributed by atoms with E-state index in [2.05, 4.69) is 34.2 Å². The van der Waals surface area contributed by atoms with Crippen molar-refractivity contribution in [3.8, 4) is 11.1 Å². The number of carbonyl (C=O) groups excluding carboxylic acids is 2. The number of aromatic nitrogens is 2. The molecule has 1 aliphatic carbocycles. The molecule has 2 fully saturated rings. The van der Waals surface area contributed by atoms with E-state index in [1.54, 1.807) is 6.33 Å². The van der Waals surface area contributed by atoms with Crippen LogP contribution in [0.25, 0.3) is 22.0 Å². The van der Waals surface area contributed by atoms with Gasteiger partial charge in [0.15, 0.2) is 0 Å². The van der Waals surface area contributed by atoms with Crippen LogP contribution in [0.3, 0.4) is 0 Å². The van der Waals surface area contributed by atoms with Crippen LogP contribution < -0.4 is 0 Å². The average Bonchev–Trinajstić information content (AvgIpc) is 3.58. The van der Waals surface area contributed by atoms with Crippen molar-refractivity contribution < 1.29 is 9.59 Å². The molecule has 0 spiro atoms. The number of fused-ring (bicyclic) bond motifs is 1. The van der Waals surface area contributed by atoms with Crippen LogP contribution in [-0.2, 0) is 9.59 Å². The molecule has 3 aromatic rings. The van der Waals surface area contributed by atoms with E-state index < -0.39 is 5.54 Å². The molecule has 0 N–H and O–H groups in total. The highest BCUT2D eigenvalue weighted by molar-refractivity contribution is 6.15. The summed E-state index contributed by atoms with van der Waals surface area (Å²) in [5, 5.41) is 1.01. The van der Waals surface area contributed by atoms with Crippen molar-refractivity contribution in [3.63, 3.8) is 0 Å². The maximum absolute atomic E-state index is 13.3. The molecule has 178 valence electrons. The Balaban J connectivity index is 1.22. The number of nitrogens with zero attached hydrogens (tertiary/aromatic N) is 5. The molecule has 0 bridgehead atoms. The molecule has 2 amide bonds. The van der Waals surface area contributed by atoms with E-state index in [4.69, 9.17) is 4.99 Å². The first-order valence-corrected chi connectivity index (χ1v) is 12.4. The molecule has 3 aliphatic rings. The van der Waals surface area contributed by atoms with Gasteiger partial charge in [-0.3, -0.25) is 19.5 Å². The lowest BCUT2D eigenvalue weighted by Gasteiger charge is -2.24. The Labute approximate surface area is 204 Å². The smallest absolute Gasteiger partial charge is 0.255 e. The van der Waals surface area contributed by atoms with Gasteiger partial charge in [-0.1, -0.05) is 36.4 Å². The highest BCUT2D eigenvalue weighted by Crippen LogP contribution is 2.34. The highest BCUT2D eigenvalue weighted by atomic mass is 16.2. The Kier molecular flexibility index (Phi) is 5.16. The zero-order valence-corrected chi connectivity index (χ0v) is 20.1. The molecule has 2 aromatic carbocycles. The number of hydrogen-bond acceptors (Lipinski definition) is 5. The zero-order valence-electron chi connectivity index (χ0n) is 20.1. The average molecular weight is 468 g/mol. The largest absolute Gasteiger partial charge is 0.342 e. The lowest BCUT2D eigenvalue weighted by Crippen LogP contribution is -2.42. The van der Waals surface area contributed by atoms with Crippen molar-refractivity contribution in [1.82, 2.24) is 19.8 Å². The predicted molar refractivity (Wildman–Crippen MR) is 135 cm³/mol. The topological polar surface area (TPSA) is 78.8 Å². The van der Waals surface area contributed by atoms with Gasteiger partial charge in [-0.25, -0.2) is 9.97 Å². The van der Waals surface area contributed by atoms with Gasteiger partial charge < -0.3 is 4.90 Å². The summed E-state index contributed by atoms with van der Waals surface area (Å²) in [5.74, 6) is 1.57. The minimum atomic E-state index is -0.784.